The van der Waals surface area contributed by atoms with E-state index in [1.54, 1.807) is 49.7 Å². The summed E-state index contributed by atoms with van der Waals surface area (Å²) in [6, 6.07) is 8.97. The molecular weight excluding hydrogens is 215 g/mol. The molecule has 0 spiro atoms. The molecule has 5 heteroatoms. The molecule has 90 valence electrons. The maximum absolute atomic E-state index is 9.80. The van der Waals surface area contributed by atoms with E-state index in [-0.39, 0.29) is 0 Å². The minimum atomic E-state index is -0.702. The number of hydrogen-bond acceptors (Lipinski definition) is 4. The zero-order valence-corrected chi connectivity index (χ0v) is 10.3. The molecule has 0 saturated carbocycles. The number of anilines is 1. The fourth-order valence-corrected chi connectivity index (χ4v) is 1.58. The maximum Gasteiger partial charge on any atom is 0.409 e. The van der Waals surface area contributed by atoms with E-state index in [1.165, 1.54) is 0 Å². The SMILES string of the molecule is [3H]OC(C)(C)CN(B(C)O)c1ccc(C#N)cc1. The Kier molecular flexibility index (Phi) is 3.67. The van der Waals surface area contributed by atoms with Crippen molar-refractivity contribution in [3.05, 3.63) is 29.8 Å². The van der Waals surface area contributed by atoms with Gasteiger partial charge in [0.25, 0.3) is 0 Å². The van der Waals surface area contributed by atoms with Crippen LogP contribution in [0.2, 0.25) is 6.82 Å². The lowest BCUT2D eigenvalue weighted by Crippen LogP contribution is -2.46. The van der Waals surface area contributed by atoms with E-state index in [0.717, 1.165) is 5.69 Å². The lowest BCUT2D eigenvalue weighted by molar-refractivity contribution is 0.0901. The van der Waals surface area contributed by atoms with Crippen LogP contribution in [-0.4, -0.2) is 30.8 Å². The summed E-state index contributed by atoms with van der Waals surface area (Å²) in [4.78, 5) is 1.72. The highest BCUT2D eigenvalue weighted by molar-refractivity contribution is 6.53. The average molecular weight is 234 g/mol. The summed E-state index contributed by atoms with van der Waals surface area (Å²) < 4.78 is 7.01. The lowest BCUT2D eigenvalue weighted by Gasteiger charge is -2.31. The van der Waals surface area contributed by atoms with Gasteiger partial charge in [0.15, 0.2) is 0 Å². The topological polar surface area (TPSA) is 67.5 Å². The first-order chi connectivity index (χ1) is 8.39. The molecule has 0 atom stereocenters. The fourth-order valence-electron chi connectivity index (χ4n) is 1.58. The van der Waals surface area contributed by atoms with Crippen LogP contribution in [0, 0.1) is 11.3 Å². The molecule has 1 aromatic rings. The van der Waals surface area contributed by atoms with Gasteiger partial charge in [-0.2, -0.15) is 5.26 Å². The second-order valence-electron chi connectivity index (χ2n) is 4.68. The fraction of sp³-hybridized carbons (Fsp3) is 0.417. The van der Waals surface area contributed by atoms with Crippen LogP contribution < -0.4 is 4.81 Å². The number of aliphatic hydroxyl groups is 1. The van der Waals surface area contributed by atoms with E-state index < -0.39 is 12.7 Å². The van der Waals surface area contributed by atoms with Crippen molar-refractivity contribution >= 4 is 12.7 Å². The highest BCUT2D eigenvalue weighted by atomic mass is 16.3. The standard InChI is InChI=1S/C12H17BN2O2/c1-12(2,16)9-15(13(3)17)11-6-4-10(8-14)5-7-11/h4-7,16-17H,9H2,1-3H3/i16T. The molecule has 0 aliphatic carbocycles. The van der Waals surface area contributed by atoms with E-state index in [2.05, 4.69) is 5.11 Å². The Morgan fingerprint density at radius 3 is 2.47 bits per heavy atom. The molecule has 0 aliphatic rings. The third kappa shape index (κ3) is 4.10. The zero-order chi connectivity index (χ0) is 13.8. The van der Waals surface area contributed by atoms with Gasteiger partial charge in [-0.15, -0.1) is 0 Å². The third-order valence-electron chi connectivity index (χ3n) is 2.33. The van der Waals surface area contributed by atoms with Gasteiger partial charge in [-0.25, -0.2) is 0 Å². The van der Waals surface area contributed by atoms with Gasteiger partial charge in [0, 0.05) is 12.2 Å². The van der Waals surface area contributed by atoms with Crippen LogP contribution in [0.15, 0.2) is 24.3 Å². The third-order valence-corrected chi connectivity index (χ3v) is 2.33. The van der Waals surface area contributed by atoms with Crippen molar-refractivity contribution in [3.8, 4) is 6.07 Å². The highest BCUT2D eigenvalue weighted by Crippen LogP contribution is 2.18. The first-order valence-electron chi connectivity index (χ1n) is 5.89. The monoisotopic (exact) mass is 234 g/mol. The summed E-state index contributed by atoms with van der Waals surface area (Å²) in [7, 11) is -0.702. The molecular formula is C12H17BN2O2. The number of benzene rings is 1. The van der Waals surface area contributed by atoms with Crippen molar-refractivity contribution in [2.45, 2.75) is 26.3 Å². The molecule has 0 heterocycles. The summed E-state index contributed by atoms with van der Waals surface area (Å²) in [5.74, 6) is 0. The van der Waals surface area contributed by atoms with Crippen LogP contribution >= 0.6 is 0 Å². The number of hydrogen-bond donors (Lipinski definition) is 2. The molecule has 0 aromatic heterocycles. The Morgan fingerprint density at radius 2 is 2.06 bits per heavy atom. The van der Waals surface area contributed by atoms with Crippen LogP contribution in [0.3, 0.4) is 0 Å². The van der Waals surface area contributed by atoms with Crippen molar-refractivity contribution in [2.24, 2.45) is 0 Å². The normalized spacial score (nSPS) is 11.6. The minimum Gasteiger partial charge on any atom is -0.432 e. The van der Waals surface area contributed by atoms with E-state index in [1.807, 2.05) is 6.07 Å². The molecule has 0 saturated heterocycles. The molecule has 1 rings (SSSR count). The van der Waals surface area contributed by atoms with Gasteiger partial charge in [0.1, 0.15) is 0 Å². The molecule has 2 N–H and O–H groups in total. The van der Waals surface area contributed by atoms with Gasteiger partial charge in [0.2, 0.25) is 1.43 Å². The van der Waals surface area contributed by atoms with Crippen LogP contribution in [0.25, 0.3) is 0 Å². The zero-order valence-electron chi connectivity index (χ0n) is 11.3. The Bertz CT molecular complexity index is 429. The number of nitriles is 1. The smallest absolute Gasteiger partial charge is 0.409 e. The van der Waals surface area contributed by atoms with Crippen molar-refractivity contribution < 1.29 is 10.1 Å². The second-order valence-corrected chi connectivity index (χ2v) is 4.68. The first kappa shape index (κ1) is 12.0. The number of nitrogens with zero attached hydrogens (tertiary/aromatic N) is 2. The molecule has 0 fully saturated rings. The van der Waals surface area contributed by atoms with Crippen molar-refractivity contribution in [1.82, 2.24) is 0 Å². The predicted octanol–water partition coefficient (Wildman–Crippen LogP) is 1.25. The predicted molar refractivity (Wildman–Crippen MR) is 68.6 cm³/mol. The van der Waals surface area contributed by atoms with E-state index in [9.17, 15) is 5.02 Å². The highest BCUT2D eigenvalue weighted by Gasteiger charge is 2.24. The molecule has 0 unspecified atom stereocenters. The van der Waals surface area contributed by atoms with Gasteiger partial charge in [0.05, 0.1) is 17.2 Å². The number of rotatable bonds is 5. The molecule has 17 heavy (non-hydrogen) atoms. The van der Waals surface area contributed by atoms with Gasteiger partial charge >= 0.3 is 7.05 Å². The summed E-state index contributed by atoms with van der Waals surface area (Å²) >= 11 is 0. The Morgan fingerprint density at radius 1 is 1.47 bits per heavy atom. The summed E-state index contributed by atoms with van der Waals surface area (Å²) in [5.41, 5.74) is 0.666. The van der Waals surface area contributed by atoms with E-state index >= 15 is 0 Å². The maximum atomic E-state index is 9.80. The first-order valence-corrected chi connectivity index (χ1v) is 5.49. The van der Waals surface area contributed by atoms with E-state index in [4.69, 9.17) is 6.69 Å². The lowest BCUT2D eigenvalue weighted by atomic mass is 9.82. The minimum absolute atomic E-state index is 0.375. The van der Waals surface area contributed by atoms with Gasteiger partial charge < -0.3 is 14.9 Å². The van der Waals surface area contributed by atoms with Crippen molar-refractivity contribution in [1.29, 1.82) is 6.69 Å². The quantitative estimate of drug-likeness (QED) is 0.752. The van der Waals surface area contributed by atoms with Crippen molar-refractivity contribution in [3.63, 3.8) is 0 Å². The molecule has 0 bridgehead atoms. The van der Waals surface area contributed by atoms with Gasteiger partial charge in [-0.05, 0) is 44.9 Å². The second kappa shape index (κ2) is 5.22. The van der Waals surface area contributed by atoms with Crippen LogP contribution in [0.5, 0.6) is 0 Å². The summed E-state index contributed by atoms with van der Waals surface area (Å²) in [6.45, 7) is 5.58. The van der Waals surface area contributed by atoms with E-state index in [0.29, 0.717) is 12.1 Å². The van der Waals surface area contributed by atoms with Crippen LogP contribution in [0.1, 0.15) is 19.4 Å². The average Bonchev–Trinajstić information content (AvgIpc) is 2.36. The Labute approximate surface area is 104 Å². The molecule has 0 radical (unpaired) electrons. The van der Waals surface area contributed by atoms with Crippen LogP contribution in [-0.2, 0) is 0 Å². The molecule has 1 aromatic carbocycles. The molecule has 4 nitrogen and oxygen atoms in total. The van der Waals surface area contributed by atoms with Crippen molar-refractivity contribution in [2.75, 3.05) is 11.4 Å². The largest absolute Gasteiger partial charge is 0.432 e. The summed E-state index contributed by atoms with van der Waals surface area (Å²) in [5, 5.41) is 23.2. The van der Waals surface area contributed by atoms with Gasteiger partial charge in [-0.1, -0.05) is 0 Å². The Balaban J connectivity index is 2.94. The van der Waals surface area contributed by atoms with Crippen LogP contribution in [0.4, 0.5) is 5.69 Å². The summed E-state index contributed by atoms with van der Waals surface area (Å²) in [6.07, 6.45) is 0. The van der Waals surface area contributed by atoms with Gasteiger partial charge in [-0.3, -0.25) is 0 Å². The molecule has 0 amide bonds. The molecule has 0 aliphatic heterocycles. The Hall–Kier alpha value is -1.51.